The summed E-state index contributed by atoms with van der Waals surface area (Å²) in [5.74, 6) is 2.11. The fourth-order valence-electron chi connectivity index (χ4n) is 6.13. The van der Waals surface area contributed by atoms with Crippen molar-refractivity contribution in [2.75, 3.05) is 32.8 Å². The maximum Gasteiger partial charge on any atom is 0.246 e. The fourth-order valence-corrected chi connectivity index (χ4v) is 6.63. The van der Waals surface area contributed by atoms with Gasteiger partial charge in [0.1, 0.15) is 23.9 Å². The van der Waals surface area contributed by atoms with E-state index >= 15 is 0 Å². The summed E-state index contributed by atoms with van der Waals surface area (Å²) in [5, 5.41) is 0.437. The Morgan fingerprint density at radius 3 is 2.28 bits per heavy atom. The molecule has 0 radical (unpaired) electrons. The number of ether oxygens (including phenoxy) is 3. The first-order valence-corrected chi connectivity index (χ1v) is 18.9. The average molecular weight is 769 g/mol. The van der Waals surface area contributed by atoms with Gasteiger partial charge in [-0.15, -0.1) is 0 Å². The molecular weight excluding hydrogens is 724 g/mol. The summed E-state index contributed by atoms with van der Waals surface area (Å²) < 4.78 is 31.7. The number of piperazine rings is 1. The number of halogens is 3. The second kappa shape index (κ2) is 18.4. The van der Waals surface area contributed by atoms with Crippen LogP contribution in [-0.2, 0) is 24.4 Å². The average Bonchev–Trinajstić information content (AvgIpc) is 3.17. The topological polar surface area (TPSA) is 64.1 Å². The fraction of sp³-hybridized carbons (Fsp3) is 0.273. The standard InChI is InChI=1S/C44H44Cl2FN3O4/c1-30(2)35-12-14-37(15-13-35)52-24-19-32-7-9-33(10-8-32)28-49-20-22-50(23-21-49)42(51)18-11-34-25-31(3)44(40(46)26-34)54-41-17-16-38(27-48-41)53-29-36-5-4-6-39(45)43(36)47/h4-18,25-27,30H,19-24,28-29H2,1-3H3/b18-11+. The van der Waals surface area contributed by atoms with Crippen LogP contribution >= 0.6 is 23.2 Å². The molecule has 1 aliphatic rings. The van der Waals surface area contributed by atoms with Crippen molar-refractivity contribution in [2.45, 2.75) is 46.3 Å². The summed E-state index contributed by atoms with van der Waals surface area (Å²) in [5.41, 5.74) is 5.74. The number of carbonyl (C=O) groups excluding carboxylic acids is 1. The number of pyridine rings is 1. The molecule has 1 saturated heterocycles. The second-order valence-corrected chi connectivity index (χ2v) is 14.5. The van der Waals surface area contributed by atoms with Crippen molar-refractivity contribution in [3.8, 4) is 23.1 Å². The molecule has 1 amide bonds. The maximum absolute atomic E-state index is 14.2. The highest BCUT2D eigenvalue weighted by atomic mass is 35.5. The lowest BCUT2D eigenvalue weighted by Gasteiger charge is -2.34. The molecule has 0 unspecified atom stereocenters. The van der Waals surface area contributed by atoms with Gasteiger partial charge in [0.25, 0.3) is 0 Å². The van der Waals surface area contributed by atoms with Crippen LogP contribution in [0.4, 0.5) is 4.39 Å². The molecule has 0 N–H and O–H groups in total. The number of amides is 1. The van der Waals surface area contributed by atoms with Crippen molar-refractivity contribution in [2.24, 2.45) is 0 Å². The molecule has 7 nitrogen and oxygen atoms in total. The van der Waals surface area contributed by atoms with Crippen LogP contribution in [0, 0.1) is 12.7 Å². The first kappa shape index (κ1) is 38.8. The number of aryl methyl sites for hydroxylation is 1. The predicted octanol–water partition coefficient (Wildman–Crippen LogP) is 10.3. The van der Waals surface area contributed by atoms with Gasteiger partial charge in [0.2, 0.25) is 11.8 Å². The van der Waals surface area contributed by atoms with Gasteiger partial charge >= 0.3 is 0 Å². The molecule has 0 spiro atoms. The minimum Gasteiger partial charge on any atom is -0.493 e. The SMILES string of the molecule is Cc1cc(/C=C/C(=O)N2CCN(Cc3ccc(CCOc4ccc(C(C)C)cc4)cc3)CC2)cc(Cl)c1Oc1ccc(OCc2cccc(Cl)c2F)cn1. The van der Waals surface area contributed by atoms with Crippen LogP contribution in [0.15, 0.2) is 103 Å². The summed E-state index contributed by atoms with van der Waals surface area (Å²) in [6.07, 6.45) is 5.72. The van der Waals surface area contributed by atoms with Crippen molar-refractivity contribution in [3.05, 3.63) is 153 Å². The Hall–Kier alpha value is -4.89. The van der Waals surface area contributed by atoms with E-state index in [4.69, 9.17) is 37.4 Å². The van der Waals surface area contributed by atoms with Crippen LogP contribution in [-0.4, -0.2) is 53.5 Å². The van der Waals surface area contributed by atoms with Gasteiger partial charge < -0.3 is 19.1 Å². The lowest BCUT2D eigenvalue weighted by Crippen LogP contribution is -2.47. The minimum absolute atomic E-state index is 0.00903. The molecule has 1 aromatic heterocycles. The van der Waals surface area contributed by atoms with Crippen molar-refractivity contribution < 1.29 is 23.4 Å². The van der Waals surface area contributed by atoms with E-state index in [1.54, 1.807) is 42.5 Å². The van der Waals surface area contributed by atoms with E-state index in [0.29, 0.717) is 53.6 Å². The van der Waals surface area contributed by atoms with E-state index in [1.807, 2.05) is 30.0 Å². The van der Waals surface area contributed by atoms with E-state index in [1.165, 1.54) is 29.0 Å². The second-order valence-electron chi connectivity index (χ2n) is 13.7. The van der Waals surface area contributed by atoms with E-state index in [9.17, 15) is 9.18 Å². The van der Waals surface area contributed by atoms with Gasteiger partial charge in [0.05, 0.1) is 22.8 Å². The third-order valence-electron chi connectivity index (χ3n) is 9.33. The van der Waals surface area contributed by atoms with Crippen LogP contribution in [0.1, 0.15) is 53.1 Å². The maximum atomic E-state index is 14.2. The summed E-state index contributed by atoms with van der Waals surface area (Å²) in [4.78, 5) is 21.6. The molecule has 4 aromatic carbocycles. The summed E-state index contributed by atoms with van der Waals surface area (Å²) in [6, 6.07) is 28.8. The highest BCUT2D eigenvalue weighted by molar-refractivity contribution is 6.32. The van der Waals surface area contributed by atoms with Gasteiger partial charge in [-0.1, -0.05) is 85.6 Å². The van der Waals surface area contributed by atoms with Crippen LogP contribution in [0.2, 0.25) is 10.0 Å². The number of hydrogen-bond donors (Lipinski definition) is 0. The molecule has 280 valence electrons. The third kappa shape index (κ3) is 10.6. The molecule has 54 heavy (non-hydrogen) atoms. The number of benzene rings is 4. The molecule has 0 saturated carbocycles. The minimum atomic E-state index is -0.506. The van der Waals surface area contributed by atoms with Gasteiger partial charge in [-0.3, -0.25) is 9.69 Å². The van der Waals surface area contributed by atoms with Crippen molar-refractivity contribution in [1.82, 2.24) is 14.8 Å². The van der Waals surface area contributed by atoms with Crippen LogP contribution in [0.25, 0.3) is 6.08 Å². The van der Waals surface area contributed by atoms with Crippen LogP contribution < -0.4 is 14.2 Å². The Labute approximate surface area is 326 Å². The molecule has 2 heterocycles. The highest BCUT2D eigenvalue weighted by Gasteiger charge is 2.20. The van der Waals surface area contributed by atoms with Crippen molar-refractivity contribution in [3.63, 3.8) is 0 Å². The van der Waals surface area contributed by atoms with Crippen LogP contribution in [0.5, 0.6) is 23.1 Å². The predicted molar refractivity (Wildman–Crippen MR) is 213 cm³/mol. The molecule has 0 bridgehead atoms. The largest absolute Gasteiger partial charge is 0.493 e. The van der Waals surface area contributed by atoms with Gasteiger partial charge in [-0.2, -0.15) is 0 Å². The number of rotatable bonds is 14. The molecule has 0 atom stereocenters. The van der Waals surface area contributed by atoms with Gasteiger partial charge in [-0.05, 0) is 83.1 Å². The highest BCUT2D eigenvalue weighted by Crippen LogP contribution is 2.34. The smallest absolute Gasteiger partial charge is 0.246 e. The summed E-state index contributed by atoms with van der Waals surface area (Å²) in [6.45, 7) is 10.7. The Morgan fingerprint density at radius 1 is 0.870 bits per heavy atom. The first-order valence-electron chi connectivity index (χ1n) is 18.1. The lowest BCUT2D eigenvalue weighted by molar-refractivity contribution is -0.127. The summed E-state index contributed by atoms with van der Waals surface area (Å²) >= 11 is 12.5. The lowest BCUT2D eigenvalue weighted by atomic mass is 10.0. The van der Waals surface area contributed by atoms with E-state index in [0.717, 1.165) is 42.9 Å². The monoisotopic (exact) mass is 767 g/mol. The summed E-state index contributed by atoms with van der Waals surface area (Å²) in [7, 11) is 0. The van der Waals surface area contributed by atoms with E-state index in [-0.39, 0.29) is 17.5 Å². The van der Waals surface area contributed by atoms with Gasteiger partial charge in [0.15, 0.2) is 5.75 Å². The molecule has 10 heteroatoms. The Kier molecular flexibility index (Phi) is 13.3. The third-order valence-corrected chi connectivity index (χ3v) is 9.90. The zero-order valence-electron chi connectivity index (χ0n) is 30.7. The zero-order valence-corrected chi connectivity index (χ0v) is 32.2. The van der Waals surface area contributed by atoms with Gasteiger partial charge in [-0.25, -0.2) is 9.37 Å². The van der Waals surface area contributed by atoms with Crippen molar-refractivity contribution in [1.29, 1.82) is 0 Å². The Morgan fingerprint density at radius 2 is 1.59 bits per heavy atom. The molecule has 5 aromatic rings. The number of nitrogens with zero attached hydrogens (tertiary/aromatic N) is 3. The zero-order chi connectivity index (χ0) is 38.0. The van der Waals surface area contributed by atoms with E-state index in [2.05, 4.69) is 60.1 Å². The van der Waals surface area contributed by atoms with Crippen LogP contribution in [0.3, 0.4) is 0 Å². The first-order chi connectivity index (χ1) is 26.1. The van der Waals surface area contributed by atoms with Gasteiger partial charge in [0, 0.05) is 56.9 Å². The molecule has 1 aliphatic heterocycles. The number of carbonyl (C=O) groups is 1. The molecule has 1 fully saturated rings. The van der Waals surface area contributed by atoms with Crippen molar-refractivity contribution >= 4 is 35.2 Å². The molecule has 6 rings (SSSR count). The molecular formula is C44H44Cl2FN3O4. The van der Waals surface area contributed by atoms with E-state index < -0.39 is 5.82 Å². The normalized spacial score (nSPS) is 13.4. The Balaban J connectivity index is 0.927. The Bertz CT molecular complexity index is 2020. The number of aromatic nitrogens is 1. The number of hydrogen-bond acceptors (Lipinski definition) is 6. The quantitative estimate of drug-likeness (QED) is 0.105. The molecule has 0 aliphatic carbocycles.